The summed E-state index contributed by atoms with van der Waals surface area (Å²) in [6.07, 6.45) is 0. The van der Waals surface area contributed by atoms with Crippen LogP contribution in [-0.2, 0) is 7.05 Å². The van der Waals surface area contributed by atoms with Crippen LogP contribution >= 0.6 is 11.6 Å². The number of nitrogens with one attached hydrogen (secondary N) is 1. The van der Waals surface area contributed by atoms with Crippen LogP contribution in [0.3, 0.4) is 0 Å². The maximum absolute atomic E-state index is 12.5. The van der Waals surface area contributed by atoms with E-state index in [-0.39, 0.29) is 5.56 Å². The Labute approximate surface area is 131 Å². The molecule has 1 N–H and O–H groups in total. The number of hydrogen-bond donors (Lipinski definition) is 1. The van der Waals surface area contributed by atoms with Gasteiger partial charge in [0.05, 0.1) is 10.9 Å². The van der Waals surface area contributed by atoms with E-state index in [1.807, 2.05) is 54.1 Å². The standard InChI is InChI=1S/C17H12ClN3O/c1-21-13-9-11(18)7-8-12(13)14-16(21)19-15(20-17(14)22)10-5-3-2-4-6-10/h2-9H,1H3,(H,19,20,22). The Morgan fingerprint density at radius 1 is 1.14 bits per heavy atom. The molecule has 0 aliphatic carbocycles. The minimum Gasteiger partial charge on any atom is -0.328 e. The first-order valence-corrected chi connectivity index (χ1v) is 7.26. The minimum atomic E-state index is -0.142. The highest BCUT2D eigenvalue weighted by molar-refractivity contribution is 6.31. The molecule has 0 atom stereocenters. The number of halogens is 1. The molecule has 0 saturated carbocycles. The van der Waals surface area contributed by atoms with Crippen LogP contribution in [-0.4, -0.2) is 14.5 Å². The fourth-order valence-corrected chi connectivity index (χ4v) is 2.95. The van der Waals surface area contributed by atoms with Crippen LogP contribution in [0.15, 0.2) is 53.3 Å². The fourth-order valence-electron chi connectivity index (χ4n) is 2.79. The zero-order valence-electron chi connectivity index (χ0n) is 11.8. The van der Waals surface area contributed by atoms with Crippen LogP contribution in [0.2, 0.25) is 5.02 Å². The van der Waals surface area contributed by atoms with Crippen molar-refractivity contribution in [1.29, 1.82) is 0 Å². The van der Waals surface area contributed by atoms with Gasteiger partial charge < -0.3 is 9.55 Å². The Hall–Kier alpha value is -2.59. The summed E-state index contributed by atoms with van der Waals surface area (Å²) in [7, 11) is 1.89. The zero-order chi connectivity index (χ0) is 15.3. The number of aryl methyl sites for hydroxylation is 1. The summed E-state index contributed by atoms with van der Waals surface area (Å²) >= 11 is 6.07. The Balaban J connectivity index is 2.13. The molecule has 4 aromatic rings. The fraction of sp³-hybridized carbons (Fsp3) is 0.0588. The van der Waals surface area contributed by atoms with E-state index in [0.717, 1.165) is 16.5 Å². The average Bonchev–Trinajstić information content (AvgIpc) is 2.81. The largest absolute Gasteiger partial charge is 0.328 e. The Kier molecular flexibility index (Phi) is 2.81. The van der Waals surface area contributed by atoms with E-state index in [9.17, 15) is 4.79 Å². The first-order chi connectivity index (χ1) is 10.6. The number of fused-ring (bicyclic) bond motifs is 3. The van der Waals surface area contributed by atoms with Gasteiger partial charge in [0.15, 0.2) is 0 Å². The molecule has 22 heavy (non-hydrogen) atoms. The van der Waals surface area contributed by atoms with E-state index in [0.29, 0.717) is 21.9 Å². The number of hydrogen-bond acceptors (Lipinski definition) is 2. The summed E-state index contributed by atoms with van der Waals surface area (Å²) in [6, 6.07) is 15.1. The van der Waals surface area contributed by atoms with Crippen molar-refractivity contribution in [2.45, 2.75) is 0 Å². The molecule has 0 spiro atoms. The van der Waals surface area contributed by atoms with Gasteiger partial charge in [-0.05, 0) is 12.1 Å². The molecule has 4 nitrogen and oxygen atoms in total. The van der Waals surface area contributed by atoms with Gasteiger partial charge >= 0.3 is 0 Å². The first kappa shape index (κ1) is 13.1. The summed E-state index contributed by atoms with van der Waals surface area (Å²) in [5.41, 5.74) is 2.28. The van der Waals surface area contributed by atoms with Crippen LogP contribution in [0.1, 0.15) is 0 Å². The third kappa shape index (κ3) is 1.84. The molecule has 2 aromatic heterocycles. The summed E-state index contributed by atoms with van der Waals surface area (Å²) in [5, 5.41) is 2.09. The van der Waals surface area contributed by atoms with Crippen LogP contribution in [0.5, 0.6) is 0 Å². The van der Waals surface area contributed by atoms with Crippen LogP contribution in [0.25, 0.3) is 33.3 Å². The molecule has 0 aliphatic heterocycles. The van der Waals surface area contributed by atoms with Crippen molar-refractivity contribution in [3.63, 3.8) is 0 Å². The highest BCUT2D eigenvalue weighted by atomic mass is 35.5. The molecule has 5 heteroatoms. The molecule has 0 fully saturated rings. The second-order valence-corrected chi connectivity index (χ2v) is 5.64. The van der Waals surface area contributed by atoms with E-state index in [1.54, 1.807) is 6.07 Å². The summed E-state index contributed by atoms with van der Waals surface area (Å²) in [6.45, 7) is 0. The molecule has 108 valence electrons. The lowest BCUT2D eigenvalue weighted by atomic mass is 10.2. The SMILES string of the molecule is Cn1c2cc(Cl)ccc2c2c(=O)[nH]c(-c3ccccc3)nc21. The van der Waals surface area contributed by atoms with Gasteiger partial charge in [0, 0.05) is 23.0 Å². The lowest BCUT2D eigenvalue weighted by Crippen LogP contribution is -2.09. The van der Waals surface area contributed by atoms with Crippen molar-refractivity contribution in [1.82, 2.24) is 14.5 Å². The highest BCUT2D eigenvalue weighted by Crippen LogP contribution is 2.27. The second kappa shape index (κ2) is 4.71. The van der Waals surface area contributed by atoms with Gasteiger partial charge in [-0.15, -0.1) is 0 Å². The van der Waals surface area contributed by atoms with E-state index in [4.69, 9.17) is 11.6 Å². The third-order valence-corrected chi connectivity index (χ3v) is 4.09. The number of benzene rings is 2. The maximum Gasteiger partial charge on any atom is 0.261 e. The minimum absolute atomic E-state index is 0.142. The average molecular weight is 310 g/mol. The first-order valence-electron chi connectivity index (χ1n) is 6.88. The van der Waals surface area contributed by atoms with Gasteiger partial charge in [-0.1, -0.05) is 48.0 Å². The van der Waals surface area contributed by atoms with E-state index in [2.05, 4.69) is 9.97 Å². The molecular weight excluding hydrogens is 298 g/mol. The summed E-state index contributed by atoms with van der Waals surface area (Å²) < 4.78 is 1.90. The predicted molar refractivity (Wildman–Crippen MR) is 89.3 cm³/mol. The molecule has 0 amide bonds. The van der Waals surface area contributed by atoms with Crippen LogP contribution < -0.4 is 5.56 Å². The van der Waals surface area contributed by atoms with Crippen molar-refractivity contribution < 1.29 is 0 Å². The quantitative estimate of drug-likeness (QED) is 0.582. The monoisotopic (exact) mass is 309 g/mol. The number of rotatable bonds is 1. The summed E-state index contributed by atoms with van der Waals surface area (Å²) in [5.74, 6) is 0.565. The molecule has 4 rings (SSSR count). The number of nitrogens with zero attached hydrogens (tertiary/aromatic N) is 2. The Morgan fingerprint density at radius 3 is 2.68 bits per heavy atom. The number of aromatic amines is 1. The predicted octanol–water partition coefficient (Wildman–Crippen LogP) is 3.74. The van der Waals surface area contributed by atoms with Crippen molar-refractivity contribution in [3.8, 4) is 11.4 Å². The molecule has 2 heterocycles. The van der Waals surface area contributed by atoms with Crippen molar-refractivity contribution in [3.05, 3.63) is 63.9 Å². The van der Waals surface area contributed by atoms with E-state index in [1.165, 1.54) is 0 Å². The Bertz CT molecular complexity index is 1060. The van der Waals surface area contributed by atoms with Gasteiger partial charge in [-0.3, -0.25) is 4.79 Å². The lowest BCUT2D eigenvalue weighted by molar-refractivity contribution is 0.981. The number of H-pyrrole nitrogens is 1. The van der Waals surface area contributed by atoms with Crippen molar-refractivity contribution in [2.24, 2.45) is 7.05 Å². The van der Waals surface area contributed by atoms with Crippen LogP contribution in [0.4, 0.5) is 0 Å². The number of aromatic nitrogens is 3. The molecule has 0 bridgehead atoms. The highest BCUT2D eigenvalue weighted by Gasteiger charge is 2.15. The topological polar surface area (TPSA) is 50.7 Å². The Morgan fingerprint density at radius 2 is 1.91 bits per heavy atom. The molecular formula is C17H12ClN3O. The molecule has 0 saturated heterocycles. The molecule has 0 aliphatic rings. The molecule has 2 aromatic carbocycles. The van der Waals surface area contributed by atoms with Crippen molar-refractivity contribution >= 4 is 33.5 Å². The van der Waals surface area contributed by atoms with Gasteiger partial charge in [-0.2, -0.15) is 0 Å². The molecule has 0 radical (unpaired) electrons. The maximum atomic E-state index is 12.5. The smallest absolute Gasteiger partial charge is 0.261 e. The van der Waals surface area contributed by atoms with Gasteiger partial charge in [0.25, 0.3) is 5.56 Å². The van der Waals surface area contributed by atoms with Crippen LogP contribution in [0, 0.1) is 0 Å². The normalized spacial score (nSPS) is 11.4. The van der Waals surface area contributed by atoms with Gasteiger partial charge in [-0.25, -0.2) is 4.98 Å². The van der Waals surface area contributed by atoms with E-state index < -0.39 is 0 Å². The second-order valence-electron chi connectivity index (χ2n) is 5.20. The van der Waals surface area contributed by atoms with Crippen molar-refractivity contribution in [2.75, 3.05) is 0 Å². The molecule has 0 unspecified atom stereocenters. The third-order valence-electron chi connectivity index (χ3n) is 3.86. The van der Waals surface area contributed by atoms with Gasteiger partial charge in [0.1, 0.15) is 11.5 Å². The van der Waals surface area contributed by atoms with Gasteiger partial charge in [0.2, 0.25) is 0 Å². The zero-order valence-corrected chi connectivity index (χ0v) is 12.6. The summed E-state index contributed by atoms with van der Waals surface area (Å²) in [4.78, 5) is 20.1. The van der Waals surface area contributed by atoms with E-state index >= 15 is 0 Å². The lowest BCUT2D eigenvalue weighted by Gasteiger charge is -2.02.